The molecule has 2 fully saturated rings. The largest absolute Gasteiger partial charge is 0.493 e. The van der Waals surface area contributed by atoms with E-state index in [0.29, 0.717) is 19.0 Å². The van der Waals surface area contributed by atoms with Crippen molar-refractivity contribution >= 4 is 5.82 Å². The molecule has 86 valence electrons. The second-order valence-corrected chi connectivity index (χ2v) is 4.76. The number of hydrogen-bond donors (Lipinski definition) is 1. The fourth-order valence-electron chi connectivity index (χ4n) is 2.42. The van der Waals surface area contributed by atoms with Crippen LogP contribution >= 0.6 is 0 Å². The van der Waals surface area contributed by atoms with Crippen LogP contribution in [-0.2, 0) is 0 Å². The second-order valence-electron chi connectivity index (χ2n) is 4.76. The van der Waals surface area contributed by atoms with Gasteiger partial charge in [-0.3, -0.25) is 0 Å². The van der Waals surface area contributed by atoms with E-state index in [4.69, 9.17) is 4.74 Å². The molecule has 4 nitrogen and oxygen atoms in total. The highest BCUT2D eigenvalue weighted by molar-refractivity contribution is 5.55. The summed E-state index contributed by atoms with van der Waals surface area (Å²) in [6.45, 7) is 1.37. The number of anilines is 1. The van der Waals surface area contributed by atoms with Gasteiger partial charge in [0.1, 0.15) is 5.60 Å². The molecule has 3 rings (SSSR count). The molecule has 1 aliphatic carbocycles. The summed E-state index contributed by atoms with van der Waals surface area (Å²) in [5.74, 6) is 2.13. The molecule has 2 heterocycles. The molecule has 2 aliphatic rings. The number of nitrogens with zero attached hydrogens (tertiary/aromatic N) is 2. The number of rotatable bonds is 3. The van der Waals surface area contributed by atoms with Gasteiger partial charge < -0.3 is 14.7 Å². The van der Waals surface area contributed by atoms with Gasteiger partial charge in [0.25, 0.3) is 0 Å². The average molecular weight is 220 g/mol. The summed E-state index contributed by atoms with van der Waals surface area (Å²) in [4.78, 5) is 6.39. The zero-order valence-corrected chi connectivity index (χ0v) is 9.39. The van der Waals surface area contributed by atoms with Gasteiger partial charge in [0, 0.05) is 6.20 Å². The van der Waals surface area contributed by atoms with Crippen LogP contribution in [0.15, 0.2) is 18.3 Å². The summed E-state index contributed by atoms with van der Waals surface area (Å²) in [6.07, 6.45) is 4.10. The lowest BCUT2D eigenvalue weighted by atomic mass is 9.89. The molecule has 0 aromatic carbocycles. The van der Waals surface area contributed by atoms with Crippen LogP contribution in [0.3, 0.4) is 0 Å². The predicted molar refractivity (Wildman–Crippen MR) is 60.7 cm³/mol. The van der Waals surface area contributed by atoms with Gasteiger partial charge in [-0.25, -0.2) is 4.98 Å². The summed E-state index contributed by atoms with van der Waals surface area (Å²) >= 11 is 0. The molecule has 1 aromatic rings. The van der Waals surface area contributed by atoms with Crippen molar-refractivity contribution in [1.29, 1.82) is 0 Å². The molecule has 1 saturated heterocycles. The van der Waals surface area contributed by atoms with Crippen molar-refractivity contribution in [2.24, 2.45) is 5.92 Å². The van der Waals surface area contributed by atoms with Gasteiger partial charge in [0.15, 0.2) is 11.6 Å². The lowest BCUT2D eigenvalue weighted by Gasteiger charge is -2.47. The fourth-order valence-corrected chi connectivity index (χ4v) is 2.42. The van der Waals surface area contributed by atoms with E-state index in [9.17, 15) is 5.11 Å². The molecule has 1 aromatic heterocycles. The predicted octanol–water partition coefficient (Wildman–Crippen LogP) is 1.05. The number of ether oxygens (including phenoxy) is 1. The minimum atomic E-state index is -0.470. The van der Waals surface area contributed by atoms with E-state index in [2.05, 4.69) is 9.88 Å². The van der Waals surface area contributed by atoms with Crippen molar-refractivity contribution in [3.05, 3.63) is 18.3 Å². The highest BCUT2D eigenvalue weighted by Gasteiger charge is 2.52. The van der Waals surface area contributed by atoms with Crippen molar-refractivity contribution in [3.8, 4) is 5.75 Å². The minimum Gasteiger partial charge on any atom is -0.493 e. The first-order valence-corrected chi connectivity index (χ1v) is 5.69. The number of pyridine rings is 1. The van der Waals surface area contributed by atoms with Crippen LogP contribution in [0.5, 0.6) is 5.75 Å². The quantitative estimate of drug-likeness (QED) is 0.827. The van der Waals surface area contributed by atoms with Crippen molar-refractivity contribution in [1.82, 2.24) is 4.98 Å². The molecule has 1 saturated carbocycles. The summed E-state index contributed by atoms with van der Waals surface area (Å²) in [7, 11) is 1.65. The van der Waals surface area contributed by atoms with E-state index in [1.807, 2.05) is 12.1 Å². The van der Waals surface area contributed by atoms with E-state index in [-0.39, 0.29) is 0 Å². The molecule has 4 heteroatoms. The molecule has 0 bridgehead atoms. The Balaban J connectivity index is 1.75. The molecule has 0 spiro atoms. The number of β-amino-alcohol motifs (C(OH)–C–C–N with tert-alkyl or cyclic N) is 1. The Morgan fingerprint density at radius 3 is 2.88 bits per heavy atom. The van der Waals surface area contributed by atoms with Crippen molar-refractivity contribution in [2.45, 2.75) is 18.4 Å². The Labute approximate surface area is 94.9 Å². The zero-order valence-electron chi connectivity index (χ0n) is 9.39. The Morgan fingerprint density at radius 1 is 1.50 bits per heavy atom. The Kier molecular flexibility index (Phi) is 2.07. The van der Waals surface area contributed by atoms with Crippen LogP contribution in [-0.4, -0.2) is 35.9 Å². The maximum absolute atomic E-state index is 10.2. The molecule has 1 N–H and O–H groups in total. The van der Waals surface area contributed by atoms with E-state index >= 15 is 0 Å². The first kappa shape index (κ1) is 9.90. The lowest BCUT2D eigenvalue weighted by molar-refractivity contribution is -0.00995. The number of aliphatic hydroxyl groups is 1. The third kappa shape index (κ3) is 1.45. The maximum atomic E-state index is 10.2. The molecule has 0 unspecified atom stereocenters. The molecular weight excluding hydrogens is 204 g/mol. The standard InChI is InChI=1S/C12H16N2O2/c1-16-10-3-2-6-13-11(10)14-7-12(15,8-14)9-4-5-9/h2-3,6,9,15H,4-5,7-8H2,1H3. The highest BCUT2D eigenvalue weighted by Crippen LogP contribution is 2.46. The van der Waals surface area contributed by atoms with Gasteiger partial charge in [0.05, 0.1) is 20.2 Å². The van der Waals surface area contributed by atoms with Crippen LogP contribution in [0.1, 0.15) is 12.8 Å². The van der Waals surface area contributed by atoms with Crippen LogP contribution in [0.25, 0.3) is 0 Å². The molecule has 1 aliphatic heterocycles. The van der Waals surface area contributed by atoms with E-state index < -0.39 is 5.60 Å². The van der Waals surface area contributed by atoms with Crippen molar-refractivity contribution in [3.63, 3.8) is 0 Å². The van der Waals surface area contributed by atoms with Crippen LogP contribution < -0.4 is 9.64 Å². The molecule has 0 atom stereocenters. The molecular formula is C12H16N2O2. The molecule has 0 radical (unpaired) electrons. The SMILES string of the molecule is COc1cccnc1N1CC(O)(C2CC2)C1. The van der Waals surface area contributed by atoms with Crippen molar-refractivity contribution in [2.75, 3.05) is 25.1 Å². The normalized spacial score (nSPS) is 22.8. The van der Waals surface area contributed by atoms with Gasteiger partial charge in [-0.15, -0.1) is 0 Å². The summed E-state index contributed by atoms with van der Waals surface area (Å²) < 4.78 is 5.26. The van der Waals surface area contributed by atoms with Gasteiger partial charge in [-0.05, 0) is 30.9 Å². The number of aromatic nitrogens is 1. The Morgan fingerprint density at radius 2 is 2.25 bits per heavy atom. The van der Waals surface area contributed by atoms with Gasteiger partial charge in [0.2, 0.25) is 0 Å². The van der Waals surface area contributed by atoms with Crippen LogP contribution in [0, 0.1) is 5.92 Å². The average Bonchev–Trinajstić information content (AvgIpc) is 3.09. The third-order valence-corrected chi connectivity index (χ3v) is 3.54. The Hall–Kier alpha value is -1.29. The first-order valence-electron chi connectivity index (χ1n) is 5.69. The van der Waals surface area contributed by atoms with Crippen LogP contribution in [0.4, 0.5) is 5.82 Å². The first-order chi connectivity index (χ1) is 7.73. The number of methoxy groups -OCH3 is 1. The van der Waals surface area contributed by atoms with E-state index in [0.717, 1.165) is 11.6 Å². The zero-order chi connectivity index (χ0) is 11.2. The maximum Gasteiger partial charge on any atom is 0.171 e. The third-order valence-electron chi connectivity index (χ3n) is 3.54. The Bertz CT molecular complexity index is 398. The van der Waals surface area contributed by atoms with E-state index in [1.54, 1.807) is 13.3 Å². The fraction of sp³-hybridized carbons (Fsp3) is 0.583. The van der Waals surface area contributed by atoms with Crippen LogP contribution in [0.2, 0.25) is 0 Å². The second kappa shape index (κ2) is 3.35. The summed E-state index contributed by atoms with van der Waals surface area (Å²) in [5, 5.41) is 10.2. The topological polar surface area (TPSA) is 45.6 Å². The smallest absolute Gasteiger partial charge is 0.171 e. The highest BCUT2D eigenvalue weighted by atomic mass is 16.5. The minimum absolute atomic E-state index is 0.470. The van der Waals surface area contributed by atoms with Crippen molar-refractivity contribution < 1.29 is 9.84 Å². The summed E-state index contributed by atoms with van der Waals surface area (Å²) in [5.41, 5.74) is -0.470. The molecule has 0 amide bonds. The monoisotopic (exact) mass is 220 g/mol. The van der Waals surface area contributed by atoms with E-state index in [1.165, 1.54) is 12.8 Å². The summed E-state index contributed by atoms with van der Waals surface area (Å²) in [6, 6.07) is 3.76. The molecule has 16 heavy (non-hydrogen) atoms. The van der Waals surface area contributed by atoms with Gasteiger partial charge in [-0.2, -0.15) is 0 Å². The lowest BCUT2D eigenvalue weighted by Crippen LogP contribution is -2.63. The number of hydrogen-bond acceptors (Lipinski definition) is 4. The van der Waals surface area contributed by atoms with Gasteiger partial charge >= 0.3 is 0 Å². The van der Waals surface area contributed by atoms with Gasteiger partial charge in [-0.1, -0.05) is 0 Å².